The molecule has 2 aromatic carbocycles. The van der Waals surface area contributed by atoms with Crippen LogP contribution in [0.2, 0.25) is 0 Å². The standard InChI is InChI=1S/C22H30N4O3/c1-22(2,3)29-21(27)26(4)15-17-12-10-16(11-13-17)14-24-20(23)25-18-8-6-7-9-19(18)28-5/h6-13H,14-15H2,1-5H3,(H3,23,24,25). The largest absolute Gasteiger partial charge is 0.495 e. The van der Waals surface area contributed by atoms with Crippen LogP contribution < -0.4 is 15.8 Å². The van der Waals surface area contributed by atoms with Gasteiger partial charge < -0.3 is 25.4 Å². The SMILES string of the molecule is COc1ccccc1NC(N)=NCc1ccc(CN(C)C(=O)OC(C)(C)C)cc1. The van der Waals surface area contributed by atoms with Gasteiger partial charge in [0.05, 0.1) is 19.3 Å². The van der Waals surface area contributed by atoms with Crippen LogP contribution >= 0.6 is 0 Å². The number of guanidine groups is 1. The van der Waals surface area contributed by atoms with Gasteiger partial charge in [-0.1, -0.05) is 36.4 Å². The Balaban J connectivity index is 1.91. The number of amides is 1. The first-order chi connectivity index (χ1) is 13.7. The van der Waals surface area contributed by atoms with Crippen molar-refractivity contribution in [3.8, 4) is 5.75 Å². The monoisotopic (exact) mass is 398 g/mol. The van der Waals surface area contributed by atoms with Gasteiger partial charge in [0.25, 0.3) is 0 Å². The van der Waals surface area contributed by atoms with Crippen LogP contribution in [-0.2, 0) is 17.8 Å². The van der Waals surface area contributed by atoms with Gasteiger partial charge in [-0.25, -0.2) is 9.79 Å². The van der Waals surface area contributed by atoms with Crippen molar-refractivity contribution in [1.29, 1.82) is 0 Å². The smallest absolute Gasteiger partial charge is 0.410 e. The Hall–Kier alpha value is -3.22. The van der Waals surface area contributed by atoms with Gasteiger partial charge in [-0.3, -0.25) is 0 Å². The maximum absolute atomic E-state index is 12.1. The first-order valence-electron chi connectivity index (χ1n) is 9.40. The van der Waals surface area contributed by atoms with Crippen molar-refractivity contribution in [2.24, 2.45) is 10.7 Å². The summed E-state index contributed by atoms with van der Waals surface area (Å²) in [6.07, 6.45) is -0.346. The van der Waals surface area contributed by atoms with Gasteiger partial charge >= 0.3 is 6.09 Å². The third-order valence-corrected chi connectivity index (χ3v) is 3.95. The van der Waals surface area contributed by atoms with Crippen molar-refractivity contribution in [2.75, 3.05) is 19.5 Å². The lowest BCUT2D eigenvalue weighted by Crippen LogP contribution is -2.33. The van der Waals surface area contributed by atoms with E-state index in [0.29, 0.717) is 24.8 Å². The van der Waals surface area contributed by atoms with Gasteiger partial charge in [-0.15, -0.1) is 0 Å². The highest BCUT2D eigenvalue weighted by Gasteiger charge is 2.19. The van der Waals surface area contributed by atoms with Crippen LogP contribution in [0.3, 0.4) is 0 Å². The van der Waals surface area contributed by atoms with E-state index in [4.69, 9.17) is 15.2 Å². The van der Waals surface area contributed by atoms with Gasteiger partial charge in [0.2, 0.25) is 0 Å². The van der Waals surface area contributed by atoms with Crippen molar-refractivity contribution in [1.82, 2.24) is 4.90 Å². The summed E-state index contributed by atoms with van der Waals surface area (Å²) >= 11 is 0. The molecule has 7 heteroatoms. The number of carbonyl (C=O) groups excluding carboxylic acids is 1. The number of nitrogens with two attached hydrogens (primary N) is 1. The highest BCUT2D eigenvalue weighted by atomic mass is 16.6. The number of aliphatic imine (C=N–C) groups is 1. The fourth-order valence-corrected chi connectivity index (χ4v) is 2.53. The van der Waals surface area contributed by atoms with Crippen LogP contribution in [0.5, 0.6) is 5.75 Å². The molecule has 3 N–H and O–H groups in total. The fraction of sp³-hybridized carbons (Fsp3) is 0.364. The predicted octanol–water partition coefficient (Wildman–Crippen LogP) is 3.99. The number of methoxy groups -OCH3 is 1. The molecule has 0 aliphatic rings. The van der Waals surface area contributed by atoms with Crippen molar-refractivity contribution in [2.45, 2.75) is 39.5 Å². The summed E-state index contributed by atoms with van der Waals surface area (Å²) in [5.74, 6) is 1.01. The molecule has 0 aliphatic carbocycles. The quantitative estimate of drug-likeness (QED) is 0.567. The van der Waals surface area contributed by atoms with E-state index in [1.165, 1.54) is 0 Å². The molecular formula is C22H30N4O3. The van der Waals surface area contributed by atoms with Gasteiger partial charge in [0.1, 0.15) is 11.4 Å². The molecule has 0 saturated heterocycles. The Bertz CT molecular complexity index is 842. The first kappa shape index (κ1) is 22.1. The molecule has 0 aliphatic heterocycles. The number of carbonyl (C=O) groups is 1. The van der Waals surface area contributed by atoms with E-state index >= 15 is 0 Å². The average Bonchev–Trinajstić information content (AvgIpc) is 2.66. The summed E-state index contributed by atoms with van der Waals surface area (Å²) in [6, 6.07) is 15.4. The zero-order valence-electron chi connectivity index (χ0n) is 17.7. The first-order valence-corrected chi connectivity index (χ1v) is 9.40. The number of nitrogens with one attached hydrogen (secondary N) is 1. The minimum Gasteiger partial charge on any atom is -0.495 e. The predicted molar refractivity (Wildman–Crippen MR) is 116 cm³/mol. The lowest BCUT2D eigenvalue weighted by Gasteiger charge is -2.24. The van der Waals surface area contributed by atoms with Crippen LogP contribution in [-0.4, -0.2) is 36.7 Å². The number of ether oxygens (including phenoxy) is 2. The third kappa shape index (κ3) is 7.37. The Morgan fingerprint density at radius 2 is 1.72 bits per heavy atom. The zero-order chi connectivity index (χ0) is 21.4. The lowest BCUT2D eigenvalue weighted by molar-refractivity contribution is 0.0285. The summed E-state index contributed by atoms with van der Waals surface area (Å²) in [5.41, 5.74) is 8.25. The van der Waals surface area contributed by atoms with E-state index in [2.05, 4.69) is 10.3 Å². The Labute approximate surface area is 172 Å². The molecule has 2 rings (SSSR count). The van der Waals surface area contributed by atoms with E-state index in [-0.39, 0.29) is 6.09 Å². The molecule has 0 spiro atoms. The molecule has 2 aromatic rings. The maximum atomic E-state index is 12.1. The highest BCUT2D eigenvalue weighted by molar-refractivity contribution is 5.93. The summed E-state index contributed by atoms with van der Waals surface area (Å²) in [6.45, 7) is 6.46. The summed E-state index contributed by atoms with van der Waals surface area (Å²) in [7, 11) is 3.33. The fourth-order valence-electron chi connectivity index (χ4n) is 2.53. The number of para-hydroxylation sites is 2. The number of benzene rings is 2. The van der Waals surface area contributed by atoms with Gasteiger partial charge in [0.15, 0.2) is 5.96 Å². The number of anilines is 1. The molecule has 0 saturated carbocycles. The van der Waals surface area contributed by atoms with Gasteiger partial charge in [-0.2, -0.15) is 0 Å². The van der Waals surface area contributed by atoms with Crippen molar-refractivity contribution >= 4 is 17.7 Å². The van der Waals surface area contributed by atoms with Crippen molar-refractivity contribution < 1.29 is 14.3 Å². The molecule has 156 valence electrons. The van der Waals surface area contributed by atoms with Gasteiger partial charge in [-0.05, 0) is 44.0 Å². The average molecular weight is 399 g/mol. The van der Waals surface area contributed by atoms with E-state index in [1.807, 2.05) is 69.3 Å². The lowest BCUT2D eigenvalue weighted by atomic mass is 10.1. The maximum Gasteiger partial charge on any atom is 0.410 e. The summed E-state index contributed by atoms with van der Waals surface area (Å²) in [4.78, 5) is 18.0. The third-order valence-electron chi connectivity index (χ3n) is 3.95. The zero-order valence-corrected chi connectivity index (χ0v) is 17.7. The normalized spacial score (nSPS) is 11.7. The number of hydrogen-bond acceptors (Lipinski definition) is 4. The molecule has 0 fully saturated rings. The Morgan fingerprint density at radius 1 is 1.10 bits per heavy atom. The van der Waals surface area contributed by atoms with E-state index in [9.17, 15) is 4.79 Å². The van der Waals surface area contributed by atoms with E-state index in [1.54, 1.807) is 19.1 Å². The molecule has 0 aromatic heterocycles. The molecule has 7 nitrogen and oxygen atoms in total. The molecule has 1 amide bonds. The summed E-state index contributed by atoms with van der Waals surface area (Å²) in [5, 5.41) is 3.04. The molecule has 0 radical (unpaired) electrons. The number of rotatable bonds is 6. The van der Waals surface area contributed by atoms with Crippen LogP contribution in [0.4, 0.5) is 10.5 Å². The molecular weight excluding hydrogens is 368 g/mol. The molecule has 0 atom stereocenters. The Kier molecular flexibility index (Phi) is 7.47. The van der Waals surface area contributed by atoms with Crippen LogP contribution in [0.1, 0.15) is 31.9 Å². The molecule has 0 unspecified atom stereocenters. The van der Waals surface area contributed by atoms with E-state index < -0.39 is 5.60 Å². The molecule has 29 heavy (non-hydrogen) atoms. The number of nitrogens with zero attached hydrogens (tertiary/aromatic N) is 2. The second-order valence-electron chi connectivity index (χ2n) is 7.68. The van der Waals surface area contributed by atoms with Crippen LogP contribution in [0.15, 0.2) is 53.5 Å². The topological polar surface area (TPSA) is 89.2 Å². The second kappa shape index (κ2) is 9.82. The number of hydrogen-bond donors (Lipinski definition) is 2. The molecule has 0 heterocycles. The highest BCUT2D eigenvalue weighted by Crippen LogP contribution is 2.22. The summed E-state index contributed by atoms with van der Waals surface area (Å²) < 4.78 is 10.7. The molecule has 0 bridgehead atoms. The van der Waals surface area contributed by atoms with Gasteiger partial charge in [0, 0.05) is 13.6 Å². The van der Waals surface area contributed by atoms with E-state index in [0.717, 1.165) is 16.8 Å². The van der Waals surface area contributed by atoms with Crippen molar-refractivity contribution in [3.05, 3.63) is 59.7 Å². The Morgan fingerprint density at radius 3 is 2.34 bits per heavy atom. The van der Waals surface area contributed by atoms with Crippen LogP contribution in [0, 0.1) is 0 Å². The van der Waals surface area contributed by atoms with Crippen molar-refractivity contribution in [3.63, 3.8) is 0 Å². The minimum absolute atomic E-state index is 0.309. The van der Waals surface area contributed by atoms with Crippen LogP contribution in [0.25, 0.3) is 0 Å². The second-order valence-corrected chi connectivity index (χ2v) is 7.68. The minimum atomic E-state index is -0.509.